The summed E-state index contributed by atoms with van der Waals surface area (Å²) >= 11 is 11.7. The van der Waals surface area contributed by atoms with Gasteiger partial charge in [0.25, 0.3) is 0 Å². The largest absolute Gasteiger partial charge is 0.478 e. The Kier molecular flexibility index (Phi) is 5.60. The molecular weight excluding hydrogens is 309 g/mol. The normalized spacial score (nSPS) is 9.90. The maximum atomic E-state index is 11.5. The van der Waals surface area contributed by atoms with E-state index in [2.05, 4.69) is 10.6 Å². The van der Waals surface area contributed by atoms with Crippen molar-refractivity contribution in [1.82, 2.24) is 5.32 Å². The molecule has 0 bridgehead atoms. The number of primary amides is 1. The highest BCUT2D eigenvalue weighted by atomic mass is 35.5. The predicted molar refractivity (Wildman–Crippen MR) is 74.3 cm³/mol. The molecule has 0 aliphatic heterocycles. The van der Waals surface area contributed by atoms with Gasteiger partial charge < -0.3 is 21.5 Å². The van der Waals surface area contributed by atoms with E-state index in [0.717, 1.165) is 12.1 Å². The van der Waals surface area contributed by atoms with Gasteiger partial charge >= 0.3 is 12.0 Å². The summed E-state index contributed by atoms with van der Waals surface area (Å²) in [6, 6.07) is 1.68. The number of carboxylic acids is 1. The molecule has 108 valence electrons. The zero-order valence-corrected chi connectivity index (χ0v) is 11.6. The fourth-order valence-electron chi connectivity index (χ4n) is 1.27. The smallest absolute Gasteiger partial charge is 0.335 e. The standard InChI is InChI=1S/C11H11Cl2N3O4/c12-6-3-5(10(18)19)4-7(13)9(6)16-11(20)15-2-1-8(14)17/h3-4H,1-2H2,(H2,14,17)(H,18,19)(H2,15,16,20). The van der Waals surface area contributed by atoms with Crippen molar-refractivity contribution in [2.75, 3.05) is 11.9 Å². The van der Waals surface area contributed by atoms with Crippen LogP contribution in [0.1, 0.15) is 16.8 Å². The number of carbonyl (C=O) groups is 3. The van der Waals surface area contributed by atoms with Crippen molar-refractivity contribution in [2.45, 2.75) is 6.42 Å². The first-order chi connectivity index (χ1) is 9.31. The number of nitrogens with one attached hydrogen (secondary N) is 2. The van der Waals surface area contributed by atoms with Gasteiger partial charge in [0, 0.05) is 13.0 Å². The highest BCUT2D eigenvalue weighted by Crippen LogP contribution is 2.31. The van der Waals surface area contributed by atoms with E-state index in [1.54, 1.807) is 0 Å². The minimum absolute atomic E-state index is 0.00711. The molecule has 0 atom stereocenters. The van der Waals surface area contributed by atoms with Gasteiger partial charge in [-0.05, 0) is 12.1 Å². The number of hydrogen-bond donors (Lipinski definition) is 4. The number of halogens is 2. The molecule has 0 aliphatic carbocycles. The predicted octanol–water partition coefficient (Wildman–Crippen LogP) is 1.69. The lowest BCUT2D eigenvalue weighted by atomic mass is 10.2. The molecule has 5 N–H and O–H groups in total. The van der Waals surface area contributed by atoms with Gasteiger partial charge in [-0.1, -0.05) is 23.2 Å². The molecule has 9 heteroatoms. The third-order valence-corrected chi connectivity index (χ3v) is 2.78. The summed E-state index contributed by atoms with van der Waals surface area (Å²) in [7, 11) is 0. The summed E-state index contributed by atoms with van der Waals surface area (Å²) in [5.41, 5.74) is 4.90. The minimum atomic E-state index is -1.19. The number of rotatable bonds is 5. The van der Waals surface area contributed by atoms with Crippen molar-refractivity contribution < 1.29 is 19.5 Å². The molecule has 0 aliphatic rings. The lowest BCUT2D eigenvalue weighted by Crippen LogP contribution is -2.31. The Labute approximate surface area is 124 Å². The number of amides is 3. The van der Waals surface area contributed by atoms with Gasteiger partial charge in [-0.3, -0.25) is 4.79 Å². The van der Waals surface area contributed by atoms with Crippen LogP contribution in [0.4, 0.5) is 10.5 Å². The van der Waals surface area contributed by atoms with Crippen molar-refractivity contribution in [3.8, 4) is 0 Å². The molecular formula is C11H11Cl2N3O4. The van der Waals surface area contributed by atoms with Crippen molar-refractivity contribution in [3.63, 3.8) is 0 Å². The Hall–Kier alpha value is -1.99. The number of carboxylic acid groups (broad SMARTS) is 1. The molecule has 0 aromatic heterocycles. The van der Waals surface area contributed by atoms with Crippen LogP contribution in [0.2, 0.25) is 10.0 Å². The third-order valence-electron chi connectivity index (χ3n) is 2.18. The fraction of sp³-hybridized carbons (Fsp3) is 0.182. The quantitative estimate of drug-likeness (QED) is 0.659. The summed E-state index contributed by atoms with van der Waals surface area (Å²) < 4.78 is 0. The molecule has 0 saturated heterocycles. The van der Waals surface area contributed by atoms with E-state index in [4.69, 9.17) is 34.0 Å². The Balaban J connectivity index is 2.75. The monoisotopic (exact) mass is 319 g/mol. The third kappa shape index (κ3) is 4.60. The molecule has 1 aromatic rings. The van der Waals surface area contributed by atoms with Crippen molar-refractivity contribution in [3.05, 3.63) is 27.7 Å². The first kappa shape index (κ1) is 16.1. The summed E-state index contributed by atoms with van der Waals surface area (Å²) in [6.45, 7) is 0.0591. The van der Waals surface area contributed by atoms with Crippen molar-refractivity contribution >= 4 is 46.8 Å². The van der Waals surface area contributed by atoms with E-state index in [0.29, 0.717) is 0 Å². The summed E-state index contributed by atoms with van der Waals surface area (Å²) in [5, 5.41) is 13.5. The molecule has 0 heterocycles. The molecule has 0 fully saturated rings. The van der Waals surface area contributed by atoms with E-state index < -0.39 is 17.9 Å². The second kappa shape index (κ2) is 6.97. The lowest BCUT2D eigenvalue weighted by Gasteiger charge is -2.11. The summed E-state index contributed by atoms with van der Waals surface area (Å²) in [4.78, 5) is 32.8. The van der Waals surface area contributed by atoms with Crippen LogP contribution >= 0.6 is 23.2 Å². The summed E-state index contributed by atoms with van der Waals surface area (Å²) in [5.74, 6) is -1.74. The molecule has 0 spiro atoms. The second-order valence-corrected chi connectivity index (χ2v) is 4.53. The van der Waals surface area contributed by atoms with Crippen molar-refractivity contribution in [2.24, 2.45) is 5.73 Å². The van der Waals surface area contributed by atoms with Gasteiger partial charge in [0.1, 0.15) is 0 Å². The SMILES string of the molecule is NC(=O)CCNC(=O)Nc1c(Cl)cc(C(=O)O)cc1Cl. The van der Waals surface area contributed by atoms with Crippen molar-refractivity contribution in [1.29, 1.82) is 0 Å². The average molecular weight is 320 g/mol. The lowest BCUT2D eigenvalue weighted by molar-refractivity contribution is -0.117. The molecule has 1 aromatic carbocycles. The second-order valence-electron chi connectivity index (χ2n) is 3.72. The molecule has 20 heavy (non-hydrogen) atoms. The van der Waals surface area contributed by atoms with Crippen LogP contribution in [0, 0.1) is 0 Å². The molecule has 3 amide bonds. The topological polar surface area (TPSA) is 122 Å². The number of urea groups is 1. The Morgan fingerprint density at radius 2 is 1.75 bits per heavy atom. The van der Waals surface area contributed by atoms with Crippen LogP contribution in [0.5, 0.6) is 0 Å². The van der Waals surface area contributed by atoms with E-state index >= 15 is 0 Å². The number of benzene rings is 1. The number of anilines is 1. The first-order valence-electron chi connectivity index (χ1n) is 5.36. The van der Waals surface area contributed by atoms with Gasteiger partial charge in [-0.25, -0.2) is 9.59 Å². The fourth-order valence-corrected chi connectivity index (χ4v) is 1.85. The van der Waals surface area contributed by atoms with Gasteiger partial charge in [-0.2, -0.15) is 0 Å². The Morgan fingerprint density at radius 3 is 2.20 bits per heavy atom. The zero-order chi connectivity index (χ0) is 15.3. The van der Waals surface area contributed by atoms with Crippen LogP contribution in [0.25, 0.3) is 0 Å². The van der Waals surface area contributed by atoms with Crippen LogP contribution in [-0.2, 0) is 4.79 Å². The maximum Gasteiger partial charge on any atom is 0.335 e. The number of hydrogen-bond acceptors (Lipinski definition) is 3. The zero-order valence-electron chi connectivity index (χ0n) is 10.1. The molecule has 0 unspecified atom stereocenters. The van der Waals surface area contributed by atoms with Gasteiger partial charge in [0.05, 0.1) is 21.3 Å². The van der Waals surface area contributed by atoms with E-state index in [1.165, 1.54) is 0 Å². The van der Waals surface area contributed by atoms with Crippen LogP contribution in [-0.4, -0.2) is 29.6 Å². The molecule has 0 saturated carbocycles. The maximum absolute atomic E-state index is 11.5. The van der Waals surface area contributed by atoms with Gasteiger partial charge in [0.15, 0.2) is 0 Å². The van der Waals surface area contributed by atoms with E-state index in [9.17, 15) is 14.4 Å². The van der Waals surface area contributed by atoms with Gasteiger partial charge in [0.2, 0.25) is 5.91 Å². The number of nitrogens with two attached hydrogens (primary N) is 1. The summed E-state index contributed by atoms with van der Waals surface area (Å²) in [6.07, 6.45) is -0.00711. The first-order valence-corrected chi connectivity index (χ1v) is 6.12. The average Bonchev–Trinajstić information content (AvgIpc) is 2.32. The van der Waals surface area contributed by atoms with Gasteiger partial charge in [-0.15, -0.1) is 0 Å². The van der Waals surface area contributed by atoms with Crippen LogP contribution in [0.15, 0.2) is 12.1 Å². The molecule has 0 radical (unpaired) electrons. The van der Waals surface area contributed by atoms with E-state index in [-0.39, 0.29) is 34.3 Å². The van der Waals surface area contributed by atoms with Crippen LogP contribution < -0.4 is 16.4 Å². The van der Waals surface area contributed by atoms with E-state index in [1.807, 2.05) is 0 Å². The number of aromatic carboxylic acids is 1. The molecule has 7 nitrogen and oxygen atoms in total. The number of carbonyl (C=O) groups excluding carboxylic acids is 2. The highest BCUT2D eigenvalue weighted by molar-refractivity contribution is 6.40. The Morgan fingerprint density at radius 1 is 1.20 bits per heavy atom. The minimum Gasteiger partial charge on any atom is -0.478 e. The Bertz CT molecular complexity index is 540. The highest BCUT2D eigenvalue weighted by Gasteiger charge is 2.14. The molecule has 1 rings (SSSR count). The van der Waals surface area contributed by atoms with Crippen LogP contribution in [0.3, 0.4) is 0 Å².